The molecule has 0 saturated heterocycles. The van der Waals surface area contributed by atoms with E-state index in [1.807, 2.05) is 13.0 Å². The molecule has 0 spiro atoms. The van der Waals surface area contributed by atoms with Gasteiger partial charge in [-0.15, -0.1) is 0 Å². The summed E-state index contributed by atoms with van der Waals surface area (Å²) < 4.78 is 24.0. The van der Waals surface area contributed by atoms with Gasteiger partial charge in [-0.05, 0) is 58.3 Å². The Morgan fingerprint density at radius 3 is 2.87 bits per heavy atom. The molecule has 0 N–H and O–H groups in total. The molecule has 0 radical (unpaired) electrons. The second-order valence-electron chi connectivity index (χ2n) is 4.49. The Bertz CT molecular complexity index is 757. The number of halogens is 2. The maximum absolute atomic E-state index is 13.2. The lowest BCUT2D eigenvalue weighted by Gasteiger charge is -2.09. The average molecular weight is 377 g/mol. The Morgan fingerprint density at radius 2 is 2.17 bits per heavy atom. The number of ether oxygens (including phenoxy) is 2. The second-order valence-corrected chi connectivity index (χ2v) is 5.25. The SMILES string of the molecule is CCO/C=C/c1cc(C#N)ccc1COc1ccc(F)c(Br)n1. The van der Waals surface area contributed by atoms with E-state index in [0.29, 0.717) is 18.1 Å². The van der Waals surface area contributed by atoms with E-state index < -0.39 is 5.82 Å². The van der Waals surface area contributed by atoms with Crippen LogP contribution in [0, 0.1) is 17.1 Å². The minimum Gasteiger partial charge on any atom is -0.501 e. The highest BCUT2D eigenvalue weighted by Gasteiger charge is 2.06. The summed E-state index contributed by atoms with van der Waals surface area (Å²) in [6, 6.07) is 10.1. The van der Waals surface area contributed by atoms with Crippen LogP contribution in [0.4, 0.5) is 4.39 Å². The molecule has 0 aliphatic heterocycles. The zero-order valence-corrected chi connectivity index (χ0v) is 14.0. The molecule has 0 amide bonds. The molecule has 1 heterocycles. The Morgan fingerprint density at radius 1 is 1.35 bits per heavy atom. The first-order valence-electron chi connectivity index (χ1n) is 6.90. The van der Waals surface area contributed by atoms with Crippen molar-refractivity contribution in [2.24, 2.45) is 0 Å². The van der Waals surface area contributed by atoms with Crippen LogP contribution in [-0.4, -0.2) is 11.6 Å². The van der Waals surface area contributed by atoms with Gasteiger partial charge in [-0.3, -0.25) is 0 Å². The van der Waals surface area contributed by atoms with E-state index in [1.165, 1.54) is 12.1 Å². The van der Waals surface area contributed by atoms with Gasteiger partial charge >= 0.3 is 0 Å². The molecule has 0 saturated carbocycles. The number of pyridine rings is 1. The number of benzene rings is 1. The molecule has 2 rings (SSSR count). The number of rotatable bonds is 6. The third-order valence-electron chi connectivity index (χ3n) is 2.94. The minimum atomic E-state index is -0.448. The molecular formula is C17H14BrFN2O2. The Balaban J connectivity index is 2.17. The van der Waals surface area contributed by atoms with Gasteiger partial charge in [0.05, 0.1) is 24.5 Å². The van der Waals surface area contributed by atoms with E-state index in [2.05, 4.69) is 27.0 Å². The van der Waals surface area contributed by atoms with Gasteiger partial charge in [0, 0.05) is 6.07 Å². The Labute approximate surface area is 142 Å². The summed E-state index contributed by atoms with van der Waals surface area (Å²) in [7, 11) is 0. The zero-order chi connectivity index (χ0) is 16.7. The maximum atomic E-state index is 13.2. The van der Waals surface area contributed by atoms with Crippen molar-refractivity contribution in [3.05, 3.63) is 63.7 Å². The van der Waals surface area contributed by atoms with Crippen molar-refractivity contribution in [1.29, 1.82) is 5.26 Å². The van der Waals surface area contributed by atoms with Crippen molar-refractivity contribution in [3.8, 4) is 11.9 Å². The van der Waals surface area contributed by atoms with Crippen LogP contribution in [0.25, 0.3) is 6.08 Å². The van der Waals surface area contributed by atoms with Gasteiger partial charge < -0.3 is 9.47 Å². The summed E-state index contributed by atoms with van der Waals surface area (Å²) in [6.45, 7) is 2.69. The molecule has 1 aromatic carbocycles. The van der Waals surface area contributed by atoms with Crippen molar-refractivity contribution < 1.29 is 13.9 Å². The quantitative estimate of drug-likeness (QED) is 0.552. The lowest BCUT2D eigenvalue weighted by atomic mass is 10.0. The van der Waals surface area contributed by atoms with E-state index in [0.717, 1.165) is 11.1 Å². The predicted octanol–water partition coefficient (Wildman–Crippen LogP) is 4.44. The third kappa shape index (κ3) is 4.80. The summed E-state index contributed by atoms with van der Waals surface area (Å²) in [5, 5.41) is 9.00. The van der Waals surface area contributed by atoms with Crippen LogP contribution in [0.3, 0.4) is 0 Å². The van der Waals surface area contributed by atoms with Crippen molar-refractivity contribution in [3.63, 3.8) is 0 Å². The van der Waals surface area contributed by atoms with Crippen molar-refractivity contribution in [1.82, 2.24) is 4.98 Å². The summed E-state index contributed by atoms with van der Waals surface area (Å²) >= 11 is 3.02. The first-order chi connectivity index (χ1) is 11.1. The fraction of sp³-hybridized carbons (Fsp3) is 0.176. The topological polar surface area (TPSA) is 55.1 Å². The van der Waals surface area contributed by atoms with Crippen LogP contribution >= 0.6 is 15.9 Å². The van der Waals surface area contributed by atoms with Crippen molar-refractivity contribution in [2.45, 2.75) is 13.5 Å². The Hall–Kier alpha value is -2.39. The lowest BCUT2D eigenvalue weighted by molar-refractivity contribution is 0.272. The van der Waals surface area contributed by atoms with Gasteiger partial charge in [-0.2, -0.15) is 5.26 Å². The van der Waals surface area contributed by atoms with E-state index >= 15 is 0 Å². The minimum absolute atomic E-state index is 0.103. The fourth-order valence-corrected chi connectivity index (χ4v) is 2.11. The molecule has 118 valence electrons. The molecule has 0 bridgehead atoms. The highest BCUT2D eigenvalue weighted by atomic mass is 79.9. The molecule has 4 nitrogen and oxygen atoms in total. The summed E-state index contributed by atoms with van der Waals surface area (Å²) in [6.07, 6.45) is 3.35. The fourth-order valence-electron chi connectivity index (χ4n) is 1.80. The number of aromatic nitrogens is 1. The molecule has 0 aliphatic carbocycles. The highest BCUT2D eigenvalue weighted by molar-refractivity contribution is 9.10. The summed E-state index contributed by atoms with van der Waals surface area (Å²) in [4.78, 5) is 3.95. The van der Waals surface area contributed by atoms with Gasteiger partial charge in [-0.1, -0.05) is 6.07 Å². The average Bonchev–Trinajstić information content (AvgIpc) is 2.56. The summed E-state index contributed by atoms with van der Waals surface area (Å²) in [5.74, 6) is -0.140. The summed E-state index contributed by atoms with van der Waals surface area (Å²) in [5.41, 5.74) is 2.23. The van der Waals surface area contributed by atoms with Crippen LogP contribution in [-0.2, 0) is 11.3 Å². The number of nitriles is 1. The van der Waals surface area contributed by atoms with Crippen molar-refractivity contribution >= 4 is 22.0 Å². The first-order valence-corrected chi connectivity index (χ1v) is 7.69. The molecular weight excluding hydrogens is 363 g/mol. The maximum Gasteiger partial charge on any atom is 0.214 e. The molecule has 6 heteroatoms. The highest BCUT2D eigenvalue weighted by Crippen LogP contribution is 2.20. The van der Waals surface area contributed by atoms with Crippen LogP contribution in [0.15, 0.2) is 41.2 Å². The number of hydrogen-bond acceptors (Lipinski definition) is 4. The lowest BCUT2D eigenvalue weighted by Crippen LogP contribution is -2.00. The molecule has 0 fully saturated rings. The molecule has 0 unspecified atom stereocenters. The van der Waals surface area contributed by atoms with Crippen molar-refractivity contribution in [2.75, 3.05) is 6.61 Å². The van der Waals surface area contributed by atoms with Gasteiger partial charge in [0.25, 0.3) is 0 Å². The van der Waals surface area contributed by atoms with Crippen LogP contribution in [0.2, 0.25) is 0 Å². The number of hydrogen-bond donors (Lipinski definition) is 0. The molecule has 0 atom stereocenters. The van der Waals surface area contributed by atoms with E-state index in [1.54, 1.807) is 24.5 Å². The molecule has 1 aromatic heterocycles. The van der Waals surface area contributed by atoms with E-state index in [-0.39, 0.29) is 11.2 Å². The zero-order valence-electron chi connectivity index (χ0n) is 12.4. The van der Waals surface area contributed by atoms with E-state index in [9.17, 15) is 4.39 Å². The van der Waals surface area contributed by atoms with Gasteiger partial charge in [0.15, 0.2) is 5.82 Å². The monoisotopic (exact) mass is 376 g/mol. The second kappa shape index (κ2) is 8.30. The van der Waals surface area contributed by atoms with Gasteiger partial charge in [0.2, 0.25) is 5.88 Å². The molecule has 23 heavy (non-hydrogen) atoms. The number of nitrogens with zero attached hydrogens (tertiary/aromatic N) is 2. The standard InChI is InChI=1S/C17H14BrFN2O2/c1-2-22-8-7-13-9-12(10-20)3-4-14(13)11-23-16-6-5-15(19)17(18)21-16/h3-9H,2,11H2,1H3/b8-7+. The van der Waals surface area contributed by atoms with Crippen LogP contribution < -0.4 is 4.74 Å². The first kappa shape index (κ1) is 17.0. The van der Waals surface area contributed by atoms with Gasteiger partial charge in [-0.25, -0.2) is 9.37 Å². The largest absolute Gasteiger partial charge is 0.501 e. The Kier molecular flexibility index (Phi) is 6.12. The molecule has 0 aliphatic rings. The smallest absolute Gasteiger partial charge is 0.214 e. The normalized spacial score (nSPS) is 10.5. The van der Waals surface area contributed by atoms with E-state index in [4.69, 9.17) is 14.7 Å². The third-order valence-corrected chi connectivity index (χ3v) is 3.49. The molecule has 2 aromatic rings. The predicted molar refractivity (Wildman–Crippen MR) is 88.0 cm³/mol. The van der Waals surface area contributed by atoms with Crippen LogP contribution in [0.5, 0.6) is 5.88 Å². The van der Waals surface area contributed by atoms with Gasteiger partial charge in [0.1, 0.15) is 11.2 Å². The van der Waals surface area contributed by atoms with Crippen LogP contribution in [0.1, 0.15) is 23.6 Å².